The van der Waals surface area contributed by atoms with E-state index in [0.29, 0.717) is 18.5 Å². The number of H-pyrrole nitrogens is 1. The van der Waals surface area contributed by atoms with Gasteiger partial charge in [-0.1, -0.05) is 11.6 Å². The van der Waals surface area contributed by atoms with Gasteiger partial charge in [0.05, 0.1) is 22.4 Å². The van der Waals surface area contributed by atoms with E-state index in [1.807, 2.05) is 0 Å². The second kappa shape index (κ2) is 8.18. The van der Waals surface area contributed by atoms with Crippen molar-refractivity contribution in [3.05, 3.63) is 74.7 Å². The van der Waals surface area contributed by atoms with Crippen LogP contribution in [0.5, 0.6) is 0 Å². The fourth-order valence-corrected chi connectivity index (χ4v) is 4.86. The monoisotopic (exact) mass is 475 g/mol. The number of anilines is 1. The van der Waals surface area contributed by atoms with Gasteiger partial charge in [0.2, 0.25) is 0 Å². The third-order valence-electron chi connectivity index (χ3n) is 6.05. The molecule has 5 rings (SSSR count). The van der Waals surface area contributed by atoms with Gasteiger partial charge in [0.1, 0.15) is 5.82 Å². The number of hydrogen-bond acceptors (Lipinski definition) is 4. The van der Waals surface area contributed by atoms with Gasteiger partial charge in [-0.05, 0) is 43.0 Å². The van der Waals surface area contributed by atoms with Gasteiger partial charge in [0.25, 0.3) is 12.0 Å². The zero-order valence-corrected chi connectivity index (χ0v) is 17.7. The molecule has 3 aromatic rings. The Hall–Kier alpha value is -3.40. The zero-order valence-electron chi connectivity index (χ0n) is 17.0. The number of alkyl halides is 2. The molecule has 11 heteroatoms. The van der Waals surface area contributed by atoms with Gasteiger partial charge < -0.3 is 10.2 Å². The number of amides is 2. The molecule has 170 valence electrons. The number of rotatable bonds is 3. The first-order valence-electron chi connectivity index (χ1n) is 10.2. The van der Waals surface area contributed by atoms with E-state index in [4.69, 9.17) is 11.6 Å². The minimum absolute atomic E-state index is 0.0751. The predicted molar refractivity (Wildman–Crippen MR) is 115 cm³/mol. The lowest BCUT2D eigenvalue weighted by Gasteiger charge is -2.35. The van der Waals surface area contributed by atoms with Crippen molar-refractivity contribution >= 4 is 23.3 Å². The SMILES string of the molecule is O=C(Nc1cc(Cl)c(-c2cncc(C(F)F)c2)cc1F)N1[C@H]2CC[C@@H]1c1n[nH]c(=O)cc1C2. The van der Waals surface area contributed by atoms with Crippen LogP contribution in [0.1, 0.15) is 42.1 Å². The van der Waals surface area contributed by atoms with E-state index < -0.39 is 18.3 Å². The standard InChI is InChI=1S/C22H17ClF3N5O2/c23-15-7-17(16(24)6-14(15)11-3-12(21(25)26)9-27-8-11)28-22(33)31-13-1-2-18(31)20-10(4-13)5-19(32)29-30-20/h3,5-9,13,18,21H,1-2,4H2,(H,28,33)(H,29,32)/t13-,18+/m0/s1. The van der Waals surface area contributed by atoms with Gasteiger partial charge >= 0.3 is 6.03 Å². The number of carbonyl (C=O) groups is 1. The van der Waals surface area contributed by atoms with Crippen molar-refractivity contribution in [1.29, 1.82) is 0 Å². The Bertz CT molecular complexity index is 1320. The summed E-state index contributed by atoms with van der Waals surface area (Å²) in [7, 11) is 0. The van der Waals surface area contributed by atoms with Gasteiger partial charge in [0, 0.05) is 41.2 Å². The third-order valence-corrected chi connectivity index (χ3v) is 6.36. The average molecular weight is 476 g/mol. The van der Waals surface area contributed by atoms with Crippen LogP contribution in [-0.4, -0.2) is 32.2 Å². The molecule has 0 radical (unpaired) electrons. The molecule has 0 aliphatic carbocycles. The highest BCUT2D eigenvalue weighted by atomic mass is 35.5. The maximum absolute atomic E-state index is 14.9. The number of aromatic amines is 1. The lowest BCUT2D eigenvalue weighted by atomic mass is 9.99. The number of urea groups is 1. The summed E-state index contributed by atoms with van der Waals surface area (Å²) >= 11 is 6.30. The first kappa shape index (κ1) is 21.4. The second-order valence-electron chi connectivity index (χ2n) is 8.05. The van der Waals surface area contributed by atoms with E-state index in [0.717, 1.165) is 24.2 Å². The molecular weight excluding hydrogens is 459 g/mol. The van der Waals surface area contributed by atoms with Crippen molar-refractivity contribution in [3.63, 3.8) is 0 Å². The molecule has 1 saturated heterocycles. The zero-order chi connectivity index (χ0) is 23.3. The van der Waals surface area contributed by atoms with E-state index in [2.05, 4.69) is 20.5 Å². The van der Waals surface area contributed by atoms with Crippen LogP contribution in [0.15, 0.2) is 41.5 Å². The molecule has 4 heterocycles. The van der Waals surface area contributed by atoms with Crippen LogP contribution in [0.4, 0.5) is 23.7 Å². The number of hydrogen-bond donors (Lipinski definition) is 2. The van der Waals surface area contributed by atoms with Gasteiger partial charge in [-0.2, -0.15) is 5.10 Å². The van der Waals surface area contributed by atoms with E-state index >= 15 is 0 Å². The van der Waals surface area contributed by atoms with Gasteiger partial charge in [-0.3, -0.25) is 9.78 Å². The molecule has 0 unspecified atom stereocenters. The van der Waals surface area contributed by atoms with Crippen molar-refractivity contribution in [2.24, 2.45) is 0 Å². The fraction of sp³-hybridized carbons (Fsp3) is 0.273. The number of pyridine rings is 1. The summed E-state index contributed by atoms with van der Waals surface area (Å²) in [5.74, 6) is -0.766. The summed E-state index contributed by atoms with van der Waals surface area (Å²) in [4.78, 5) is 30.0. The van der Waals surface area contributed by atoms with Crippen LogP contribution in [0.25, 0.3) is 11.1 Å². The van der Waals surface area contributed by atoms with Crippen LogP contribution in [-0.2, 0) is 6.42 Å². The quantitative estimate of drug-likeness (QED) is 0.566. The largest absolute Gasteiger partial charge is 0.322 e. The Morgan fingerprint density at radius 1 is 1.21 bits per heavy atom. The first-order chi connectivity index (χ1) is 15.8. The highest BCUT2D eigenvalue weighted by Crippen LogP contribution is 2.43. The topological polar surface area (TPSA) is 91.0 Å². The Morgan fingerprint density at radius 2 is 2.03 bits per heavy atom. The van der Waals surface area contributed by atoms with Gasteiger partial charge in [0.15, 0.2) is 0 Å². The summed E-state index contributed by atoms with van der Waals surface area (Å²) in [5, 5.41) is 9.17. The molecule has 2 atom stereocenters. The van der Waals surface area contributed by atoms with Crippen molar-refractivity contribution < 1.29 is 18.0 Å². The molecule has 7 nitrogen and oxygen atoms in total. The number of fused-ring (bicyclic) bond motifs is 4. The van der Waals surface area contributed by atoms with E-state index in [-0.39, 0.29) is 45.0 Å². The molecule has 2 aliphatic rings. The van der Waals surface area contributed by atoms with Crippen molar-refractivity contribution in [1.82, 2.24) is 20.1 Å². The lowest BCUT2D eigenvalue weighted by molar-refractivity contribution is 0.151. The highest BCUT2D eigenvalue weighted by Gasteiger charge is 2.44. The molecular formula is C22H17ClF3N5O2. The average Bonchev–Trinajstić information content (AvgIpc) is 3.11. The van der Waals surface area contributed by atoms with Crippen LogP contribution in [0, 0.1) is 5.82 Å². The van der Waals surface area contributed by atoms with Crippen LogP contribution in [0.2, 0.25) is 5.02 Å². The molecule has 1 fully saturated rings. The number of aromatic nitrogens is 3. The summed E-state index contributed by atoms with van der Waals surface area (Å²) < 4.78 is 40.9. The number of halogens is 4. The normalized spacial score (nSPS) is 19.0. The Kier molecular flexibility index (Phi) is 5.32. The molecule has 2 aromatic heterocycles. The molecule has 2 amide bonds. The number of nitrogens with one attached hydrogen (secondary N) is 2. The van der Waals surface area contributed by atoms with E-state index in [1.165, 1.54) is 24.4 Å². The van der Waals surface area contributed by atoms with Crippen LogP contribution in [0.3, 0.4) is 0 Å². The first-order valence-corrected chi connectivity index (χ1v) is 10.6. The lowest BCUT2D eigenvalue weighted by Crippen LogP contribution is -2.45. The van der Waals surface area contributed by atoms with Crippen molar-refractivity contribution in [2.45, 2.75) is 37.8 Å². The van der Waals surface area contributed by atoms with E-state index in [1.54, 1.807) is 4.90 Å². The summed E-state index contributed by atoms with van der Waals surface area (Å²) in [5.41, 5.74) is 1.13. The van der Waals surface area contributed by atoms with Gasteiger partial charge in [-0.25, -0.2) is 23.1 Å². The second-order valence-corrected chi connectivity index (χ2v) is 8.46. The highest BCUT2D eigenvalue weighted by molar-refractivity contribution is 6.33. The van der Waals surface area contributed by atoms with Crippen molar-refractivity contribution in [3.8, 4) is 11.1 Å². The Balaban J connectivity index is 1.41. The number of nitrogens with zero attached hydrogens (tertiary/aromatic N) is 3. The molecule has 2 N–H and O–H groups in total. The summed E-state index contributed by atoms with van der Waals surface area (Å²) in [6.07, 6.45) is 1.52. The maximum atomic E-state index is 14.9. The van der Waals surface area contributed by atoms with Crippen molar-refractivity contribution in [2.75, 3.05) is 5.32 Å². The molecule has 2 bridgehead atoms. The third kappa shape index (κ3) is 3.84. The fourth-order valence-electron chi connectivity index (χ4n) is 4.58. The minimum atomic E-state index is -2.73. The minimum Gasteiger partial charge on any atom is -0.313 e. The number of benzene rings is 1. The number of carbonyl (C=O) groups excluding carboxylic acids is 1. The van der Waals surface area contributed by atoms with Crippen LogP contribution >= 0.6 is 11.6 Å². The summed E-state index contributed by atoms with van der Waals surface area (Å²) in [6, 6.07) is 4.05. The Labute approximate surface area is 190 Å². The molecule has 1 aromatic carbocycles. The Morgan fingerprint density at radius 3 is 2.82 bits per heavy atom. The summed E-state index contributed by atoms with van der Waals surface area (Å²) in [6.45, 7) is 0. The predicted octanol–water partition coefficient (Wildman–Crippen LogP) is 4.86. The molecule has 0 saturated carbocycles. The molecule has 33 heavy (non-hydrogen) atoms. The maximum Gasteiger partial charge on any atom is 0.322 e. The van der Waals surface area contributed by atoms with Gasteiger partial charge in [-0.15, -0.1) is 0 Å². The molecule has 0 spiro atoms. The smallest absolute Gasteiger partial charge is 0.313 e. The molecule has 2 aliphatic heterocycles. The van der Waals surface area contributed by atoms with Crippen LogP contribution < -0.4 is 10.9 Å². The van der Waals surface area contributed by atoms with E-state index in [9.17, 15) is 22.8 Å².